The molecule has 1 atom stereocenters. The molecule has 0 aliphatic heterocycles. The standard InChI is InChI=1S/C11H13FN2O3/c1-7(5-11(16)17)4-10(15)14-8-2-3-9(12)13-6-8/h2-3,6-7H,4-5H2,1H3,(H,14,15)(H,16,17). The van der Waals surface area contributed by atoms with Crippen LogP contribution in [0, 0.1) is 11.9 Å². The van der Waals surface area contributed by atoms with Crippen molar-refractivity contribution in [1.82, 2.24) is 4.98 Å². The summed E-state index contributed by atoms with van der Waals surface area (Å²) in [6.07, 6.45) is 1.24. The van der Waals surface area contributed by atoms with E-state index in [9.17, 15) is 14.0 Å². The summed E-state index contributed by atoms with van der Waals surface area (Å²) in [5.74, 6) is -2.12. The van der Waals surface area contributed by atoms with Gasteiger partial charge in [0.25, 0.3) is 0 Å². The molecule has 1 unspecified atom stereocenters. The van der Waals surface area contributed by atoms with Crippen molar-refractivity contribution in [2.24, 2.45) is 5.92 Å². The van der Waals surface area contributed by atoms with Crippen LogP contribution < -0.4 is 5.32 Å². The van der Waals surface area contributed by atoms with Gasteiger partial charge in [0.1, 0.15) is 0 Å². The number of carboxylic acids is 1. The SMILES string of the molecule is CC(CC(=O)O)CC(=O)Nc1ccc(F)nc1. The summed E-state index contributed by atoms with van der Waals surface area (Å²) >= 11 is 0. The highest BCUT2D eigenvalue weighted by molar-refractivity contribution is 5.90. The molecule has 0 saturated heterocycles. The third kappa shape index (κ3) is 5.05. The first kappa shape index (κ1) is 13.1. The molecule has 0 aliphatic carbocycles. The van der Waals surface area contributed by atoms with E-state index in [4.69, 9.17) is 5.11 Å². The Morgan fingerprint density at radius 2 is 2.18 bits per heavy atom. The van der Waals surface area contributed by atoms with Crippen LogP contribution in [-0.2, 0) is 9.59 Å². The minimum Gasteiger partial charge on any atom is -0.481 e. The fraction of sp³-hybridized carbons (Fsp3) is 0.364. The summed E-state index contributed by atoms with van der Waals surface area (Å²) in [5, 5.41) is 11.0. The van der Waals surface area contributed by atoms with Crippen LogP contribution in [0.25, 0.3) is 0 Å². The van der Waals surface area contributed by atoms with Crippen LogP contribution in [0.4, 0.5) is 10.1 Å². The summed E-state index contributed by atoms with van der Waals surface area (Å²) < 4.78 is 12.5. The third-order valence-corrected chi connectivity index (χ3v) is 2.07. The van der Waals surface area contributed by atoms with E-state index in [1.54, 1.807) is 6.92 Å². The van der Waals surface area contributed by atoms with Gasteiger partial charge in [0.15, 0.2) is 0 Å². The Balaban J connectivity index is 2.44. The summed E-state index contributed by atoms with van der Waals surface area (Å²) in [6.45, 7) is 1.68. The maximum absolute atomic E-state index is 12.5. The van der Waals surface area contributed by atoms with Gasteiger partial charge in [0, 0.05) is 12.8 Å². The zero-order chi connectivity index (χ0) is 12.8. The summed E-state index contributed by atoms with van der Waals surface area (Å²) in [6, 6.07) is 2.53. The fourth-order valence-corrected chi connectivity index (χ4v) is 1.35. The first-order chi connectivity index (χ1) is 7.97. The predicted molar refractivity (Wildman–Crippen MR) is 58.9 cm³/mol. The number of carbonyl (C=O) groups excluding carboxylic acids is 1. The van der Waals surface area contributed by atoms with Crippen molar-refractivity contribution in [1.29, 1.82) is 0 Å². The summed E-state index contributed by atoms with van der Waals surface area (Å²) in [7, 11) is 0. The van der Waals surface area contributed by atoms with Gasteiger partial charge >= 0.3 is 5.97 Å². The Morgan fingerprint density at radius 3 is 2.71 bits per heavy atom. The number of aromatic nitrogens is 1. The third-order valence-electron chi connectivity index (χ3n) is 2.07. The monoisotopic (exact) mass is 240 g/mol. The average molecular weight is 240 g/mol. The van der Waals surface area contributed by atoms with Crippen molar-refractivity contribution in [2.75, 3.05) is 5.32 Å². The molecule has 5 nitrogen and oxygen atoms in total. The topological polar surface area (TPSA) is 79.3 Å². The van der Waals surface area contributed by atoms with Crippen molar-refractivity contribution < 1.29 is 19.1 Å². The molecule has 0 saturated carbocycles. The number of anilines is 1. The Bertz CT molecular complexity index is 406. The molecule has 1 rings (SSSR count). The first-order valence-corrected chi connectivity index (χ1v) is 5.10. The molecule has 0 aliphatic rings. The number of nitrogens with one attached hydrogen (secondary N) is 1. The van der Waals surface area contributed by atoms with Gasteiger partial charge in [0.05, 0.1) is 11.9 Å². The lowest BCUT2D eigenvalue weighted by molar-refractivity contribution is -0.138. The zero-order valence-corrected chi connectivity index (χ0v) is 9.31. The van der Waals surface area contributed by atoms with Crippen LogP contribution in [0.5, 0.6) is 0 Å². The van der Waals surface area contributed by atoms with E-state index in [1.165, 1.54) is 12.3 Å². The lowest BCUT2D eigenvalue weighted by Gasteiger charge is -2.08. The average Bonchev–Trinajstić information content (AvgIpc) is 2.19. The van der Waals surface area contributed by atoms with Crippen molar-refractivity contribution in [3.8, 4) is 0 Å². The van der Waals surface area contributed by atoms with Crippen LogP contribution in [0.3, 0.4) is 0 Å². The normalized spacial score (nSPS) is 11.9. The second-order valence-corrected chi connectivity index (χ2v) is 3.82. The van der Waals surface area contributed by atoms with Crippen LogP contribution in [0.15, 0.2) is 18.3 Å². The molecule has 6 heteroatoms. The van der Waals surface area contributed by atoms with Crippen molar-refractivity contribution in [2.45, 2.75) is 19.8 Å². The Hall–Kier alpha value is -1.98. The minimum atomic E-state index is -0.936. The molecule has 17 heavy (non-hydrogen) atoms. The zero-order valence-electron chi connectivity index (χ0n) is 9.31. The molecule has 1 amide bonds. The number of rotatable bonds is 5. The minimum absolute atomic E-state index is 0.0604. The molecule has 1 aromatic rings. The van der Waals surface area contributed by atoms with E-state index in [0.717, 1.165) is 6.07 Å². The molecule has 0 fully saturated rings. The Labute approximate surface area is 97.7 Å². The van der Waals surface area contributed by atoms with Gasteiger partial charge in [-0.2, -0.15) is 4.39 Å². The lowest BCUT2D eigenvalue weighted by Crippen LogP contribution is -2.17. The van der Waals surface area contributed by atoms with Crippen LogP contribution in [0.1, 0.15) is 19.8 Å². The van der Waals surface area contributed by atoms with Gasteiger partial charge in [-0.3, -0.25) is 9.59 Å². The number of pyridine rings is 1. The first-order valence-electron chi connectivity index (χ1n) is 5.10. The molecule has 92 valence electrons. The summed E-state index contributed by atoms with van der Waals surface area (Å²) in [4.78, 5) is 25.3. The number of halogens is 1. The highest BCUT2D eigenvalue weighted by atomic mass is 19.1. The molecule has 0 radical (unpaired) electrons. The largest absolute Gasteiger partial charge is 0.481 e. The van der Waals surface area contributed by atoms with Gasteiger partial charge < -0.3 is 10.4 Å². The van der Waals surface area contributed by atoms with Crippen LogP contribution in [0.2, 0.25) is 0 Å². The van der Waals surface area contributed by atoms with Gasteiger partial charge in [0.2, 0.25) is 11.9 Å². The predicted octanol–water partition coefficient (Wildman–Crippen LogP) is 1.66. The van der Waals surface area contributed by atoms with Crippen molar-refractivity contribution in [3.05, 3.63) is 24.3 Å². The van der Waals surface area contributed by atoms with E-state index >= 15 is 0 Å². The van der Waals surface area contributed by atoms with Crippen LogP contribution in [-0.4, -0.2) is 22.0 Å². The molecular formula is C11H13FN2O3. The number of amides is 1. The maximum atomic E-state index is 12.5. The smallest absolute Gasteiger partial charge is 0.303 e. The quantitative estimate of drug-likeness (QED) is 0.767. The number of hydrogen-bond acceptors (Lipinski definition) is 3. The van der Waals surface area contributed by atoms with E-state index in [0.29, 0.717) is 5.69 Å². The van der Waals surface area contributed by atoms with E-state index in [1.807, 2.05) is 0 Å². The number of carbonyl (C=O) groups is 2. The molecule has 0 aromatic carbocycles. The van der Waals surface area contributed by atoms with Gasteiger partial charge in [-0.1, -0.05) is 6.92 Å². The lowest BCUT2D eigenvalue weighted by atomic mass is 10.0. The van der Waals surface area contributed by atoms with Gasteiger partial charge in [-0.05, 0) is 18.1 Å². The molecule has 0 bridgehead atoms. The number of aliphatic carboxylic acids is 1. The number of hydrogen-bond donors (Lipinski definition) is 2. The molecule has 0 spiro atoms. The van der Waals surface area contributed by atoms with Crippen molar-refractivity contribution >= 4 is 17.6 Å². The van der Waals surface area contributed by atoms with Crippen molar-refractivity contribution in [3.63, 3.8) is 0 Å². The van der Waals surface area contributed by atoms with Crippen LogP contribution >= 0.6 is 0 Å². The van der Waals surface area contributed by atoms with E-state index in [-0.39, 0.29) is 24.7 Å². The summed E-state index contributed by atoms with van der Waals surface area (Å²) in [5.41, 5.74) is 0.388. The van der Waals surface area contributed by atoms with E-state index in [2.05, 4.69) is 10.3 Å². The maximum Gasteiger partial charge on any atom is 0.303 e. The molecular weight excluding hydrogens is 227 g/mol. The number of nitrogens with zero attached hydrogens (tertiary/aromatic N) is 1. The Kier molecular flexibility index (Phi) is 4.56. The molecule has 2 N–H and O–H groups in total. The fourth-order valence-electron chi connectivity index (χ4n) is 1.35. The Morgan fingerprint density at radius 1 is 1.47 bits per heavy atom. The van der Waals surface area contributed by atoms with E-state index < -0.39 is 11.9 Å². The second-order valence-electron chi connectivity index (χ2n) is 3.82. The second kappa shape index (κ2) is 5.93. The molecule has 1 heterocycles. The highest BCUT2D eigenvalue weighted by Crippen LogP contribution is 2.11. The highest BCUT2D eigenvalue weighted by Gasteiger charge is 2.12. The van der Waals surface area contributed by atoms with Gasteiger partial charge in [-0.15, -0.1) is 0 Å². The molecule has 1 aromatic heterocycles. The van der Waals surface area contributed by atoms with Gasteiger partial charge in [-0.25, -0.2) is 4.98 Å². The number of carboxylic acid groups (broad SMARTS) is 1.